The second-order valence-corrected chi connectivity index (χ2v) is 32.2. The molecule has 0 aliphatic carbocycles. The normalized spacial score (nSPS) is 14.0. The van der Waals surface area contributed by atoms with E-state index in [9.17, 15) is 43.2 Å². The van der Waals surface area contributed by atoms with Crippen LogP contribution in [0.25, 0.3) is 0 Å². The van der Waals surface area contributed by atoms with Crippen LogP contribution in [0.2, 0.25) is 0 Å². The molecule has 101 heavy (non-hydrogen) atoms. The zero-order valence-electron chi connectivity index (χ0n) is 65.5. The fraction of sp³-hybridized carbons (Fsp3) is 0.902. The van der Waals surface area contributed by atoms with Crippen LogP contribution in [0.3, 0.4) is 0 Å². The van der Waals surface area contributed by atoms with Crippen molar-refractivity contribution >= 4 is 39.5 Å². The highest BCUT2D eigenvalue weighted by molar-refractivity contribution is 7.47. The zero-order chi connectivity index (χ0) is 74.1. The number of unbranched alkanes of at least 4 members (excludes halogenated alkanes) is 49. The summed E-state index contributed by atoms with van der Waals surface area (Å²) in [6.07, 6.45) is 68.8. The van der Waals surface area contributed by atoms with Gasteiger partial charge in [0.1, 0.15) is 19.3 Å². The summed E-state index contributed by atoms with van der Waals surface area (Å²) in [6, 6.07) is 0. The van der Waals surface area contributed by atoms with Gasteiger partial charge in [0.05, 0.1) is 26.4 Å². The number of aliphatic hydroxyl groups is 1. The van der Waals surface area contributed by atoms with Gasteiger partial charge >= 0.3 is 39.5 Å². The van der Waals surface area contributed by atoms with Crippen LogP contribution < -0.4 is 0 Å². The van der Waals surface area contributed by atoms with Crippen molar-refractivity contribution < 1.29 is 80.2 Å². The monoisotopic (exact) mass is 1480 g/mol. The van der Waals surface area contributed by atoms with Crippen LogP contribution in [0.1, 0.15) is 413 Å². The van der Waals surface area contributed by atoms with Crippen molar-refractivity contribution in [2.45, 2.75) is 432 Å². The van der Waals surface area contributed by atoms with Crippen LogP contribution in [0.15, 0.2) is 24.3 Å². The van der Waals surface area contributed by atoms with E-state index in [1.54, 1.807) is 0 Å². The van der Waals surface area contributed by atoms with Crippen molar-refractivity contribution in [3.8, 4) is 0 Å². The maximum Gasteiger partial charge on any atom is 0.472 e. The zero-order valence-corrected chi connectivity index (χ0v) is 67.3. The third kappa shape index (κ3) is 75.6. The lowest BCUT2D eigenvalue weighted by molar-refractivity contribution is -0.161. The summed E-state index contributed by atoms with van der Waals surface area (Å²) in [4.78, 5) is 73.0. The SMILES string of the molecule is CCCCCC/C=C\C=C/CCCCCCCC(=O)OC[C@H](COP(=O)(O)OC[C@@H](O)COP(=O)(O)OC[C@@H](COC(=O)CCCCCCCCCCCCC)OC(=O)CCCCCCCCCCCCCC(C)C)OC(=O)CCCCCCCCCCCCCCCCCCCCCCC. The Labute approximate surface area is 618 Å². The molecular formula is C82H156O17P2. The third-order valence-electron chi connectivity index (χ3n) is 18.7. The summed E-state index contributed by atoms with van der Waals surface area (Å²) < 4.78 is 68.7. The van der Waals surface area contributed by atoms with Crippen LogP contribution >= 0.6 is 15.6 Å². The van der Waals surface area contributed by atoms with Crippen LogP contribution in [0, 0.1) is 5.92 Å². The highest BCUT2D eigenvalue weighted by Gasteiger charge is 2.30. The molecule has 0 saturated carbocycles. The molecule has 17 nitrogen and oxygen atoms in total. The average molecular weight is 1480 g/mol. The number of ether oxygens (including phenoxy) is 4. The molecule has 5 atom stereocenters. The third-order valence-corrected chi connectivity index (χ3v) is 20.6. The fourth-order valence-electron chi connectivity index (χ4n) is 12.2. The largest absolute Gasteiger partial charge is 0.472 e. The molecule has 0 heterocycles. The molecule has 0 amide bonds. The van der Waals surface area contributed by atoms with E-state index in [2.05, 4.69) is 58.9 Å². The first-order valence-electron chi connectivity index (χ1n) is 42.0. The summed E-state index contributed by atoms with van der Waals surface area (Å²) in [5.74, 6) is -1.37. The molecule has 3 N–H and O–H groups in total. The first kappa shape index (κ1) is 98.5. The standard InChI is InChI=1S/C82H156O17P2/c1-6-9-12-15-18-21-24-26-28-29-30-31-32-33-35-37-42-47-52-57-62-67-81(86)98-78(72-93-80(85)66-61-56-51-46-41-36-34-27-25-22-19-16-13-10-7-2)74-97-101(90,91)95-70-76(83)69-94-100(88,89)96-73-77(71-92-79(84)65-60-55-50-45-39-23-20-17-14-11-8-3)99-82(87)68-63-58-53-48-43-38-40-44-49-54-59-64-75(4)5/h22,25,27,34,75-78,83H,6-21,23-24,26,28-33,35-74H2,1-5H3,(H,88,89)(H,90,91)/b25-22-,34-27-/t76-,77+,78+/m0/s1. The van der Waals surface area contributed by atoms with E-state index in [4.69, 9.17) is 37.0 Å². The van der Waals surface area contributed by atoms with E-state index >= 15 is 0 Å². The van der Waals surface area contributed by atoms with Gasteiger partial charge in [-0.25, -0.2) is 9.13 Å². The molecule has 0 saturated heterocycles. The van der Waals surface area contributed by atoms with Crippen molar-refractivity contribution in [2.75, 3.05) is 39.6 Å². The predicted molar refractivity (Wildman–Crippen MR) is 414 cm³/mol. The number of aliphatic hydroxyl groups excluding tert-OH is 1. The van der Waals surface area contributed by atoms with Crippen molar-refractivity contribution in [1.29, 1.82) is 0 Å². The van der Waals surface area contributed by atoms with Crippen molar-refractivity contribution in [3.05, 3.63) is 24.3 Å². The molecule has 0 bridgehead atoms. The van der Waals surface area contributed by atoms with E-state index in [1.807, 2.05) is 0 Å². The Morgan fingerprint density at radius 1 is 0.307 bits per heavy atom. The highest BCUT2D eigenvalue weighted by atomic mass is 31.2. The quantitative estimate of drug-likeness (QED) is 0.0169. The lowest BCUT2D eigenvalue weighted by Crippen LogP contribution is -2.30. The second-order valence-electron chi connectivity index (χ2n) is 29.3. The van der Waals surface area contributed by atoms with Crippen LogP contribution in [0.5, 0.6) is 0 Å². The summed E-state index contributed by atoms with van der Waals surface area (Å²) >= 11 is 0. The number of carbonyl (C=O) groups excluding carboxylic acids is 4. The minimum Gasteiger partial charge on any atom is -0.462 e. The summed E-state index contributed by atoms with van der Waals surface area (Å²) in [5.41, 5.74) is 0. The molecule has 0 aliphatic heterocycles. The maximum atomic E-state index is 13.1. The van der Waals surface area contributed by atoms with Crippen molar-refractivity contribution in [3.63, 3.8) is 0 Å². The van der Waals surface area contributed by atoms with Crippen molar-refractivity contribution in [1.82, 2.24) is 0 Å². The molecule has 0 radical (unpaired) electrons. The van der Waals surface area contributed by atoms with Gasteiger partial charge in [-0.2, -0.15) is 0 Å². The first-order chi connectivity index (χ1) is 49.0. The molecular weight excluding hydrogens is 1320 g/mol. The number of phosphoric ester groups is 2. The van der Waals surface area contributed by atoms with E-state index < -0.39 is 97.5 Å². The molecule has 0 aromatic heterocycles. The van der Waals surface area contributed by atoms with Crippen LogP contribution in [-0.2, 0) is 65.4 Å². The Hall–Kier alpha value is -2.46. The lowest BCUT2D eigenvalue weighted by atomic mass is 10.0. The van der Waals surface area contributed by atoms with E-state index in [0.29, 0.717) is 25.7 Å². The number of rotatable bonds is 80. The van der Waals surface area contributed by atoms with E-state index in [1.165, 1.54) is 218 Å². The van der Waals surface area contributed by atoms with E-state index in [0.717, 1.165) is 115 Å². The minimum atomic E-state index is -4.97. The molecule has 0 fully saturated rings. The van der Waals surface area contributed by atoms with Gasteiger partial charge in [-0.3, -0.25) is 37.3 Å². The Kier molecular flexibility index (Phi) is 72.6. The smallest absolute Gasteiger partial charge is 0.462 e. The molecule has 0 aromatic carbocycles. The second kappa shape index (κ2) is 74.4. The Morgan fingerprint density at radius 3 is 0.812 bits per heavy atom. The molecule has 0 spiro atoms. The highest BCUT2D eigenvalue weighted by Crippen LogP contribution is 2.45. The van der Waals surface area contributed by atoms with Gasteiger partial charge in [0, 0.05) is 25.7 Å². The number of allylic oxidation sites excluding steroid dienone is 4. The number of carbonyl (C=O) groups is 4. The molecule has 0 aromatic rings. The molecule has 0 aliphatic rings. The van der Waals surface area contributed by atoms with Gasteiger partial charge in [-0.15, -0.1) is 0 Å². The van der Waals surface area contributed by atoms with Gasteiger partial charge in [0.15, 0.2) is 12.2 Å². The molecule has 0 rings (SSSR count). The van der Waals surface area contributed by atoms with Crippen molar-refractivity contribution in [2.24, 2.45) is 5.92 Å². The number of hydrogen-bond acceptors (Lipinski definition) is 15. The number of phosphoric acid groups is 2. The lowest BCUT2D eigenvalue weighted by Gasteiger charge is -2.21. The van der Waals surface area contributed by atoms with Gasteiger partial charge in [0.2, 0.25) is 0 Å². The topological polar surface area (TPSA) is 237 Å². The summed E-state index contributed by atoms with van der Waals surface area (Å²) in [6.45, 7) is 7.26. The molecule has 2 unspecified atom stereocenters. The van der Waals surface area contributed by atoms with Crippen LogP contribution in [0.4, 0.5) is 0 Å². The Balaban J connectivity index is 5.26. The first-order valence-corrected chi connectivity index (χ1v) is 44.9. The number of hydrogen-bond donors (Lipinski definition) is 3. The fourth-order valence-corrected chi connectivity index (χ4v) is 13.8. The molecule has 596 valence electrons. The summed E-state index contributed by atoms with van der Waals surface area (Å²) in [5, 5.41) is 10.6. The van der Waals surface area contributed by atoms with Gasteiger partial charge in [-0.05, 0) is 57.3 Å². The minimum absolute atomic E-state index is 0.102. The van der Waals surface area contributed by atoms with E-state index in [-0.39, 0.29) is 25.7 Å². The Bertz CT molecular complexity index is 2020. The van der Waals surface area contributed by atoms with Gasteiger partial charge in [0.25, 0.3) is 0 Å². The van der Waals surface area contributed by atoms with Gasteiger partial charge < -0.3 is 33.8 Å². The van der Waals surface area contributed by atoms with Crippen LogP contribution in [-0.4, -0.2) is 96.7 Å². The predicted octanol–water partition coefficient (Wildman–Crippen LogP) is 24.4. The maximum absolute atomic E-state index is 13.1. The van der Waals surface area contributed by atoms with Gasteiger partial charge in [-0.1, -0.05) is 361 Å². The average Bonchev–Trinajstić information content (AvgIpc) is 0.936. The Morgan fingerprint density at radius 2 is 0.535 bits per heavy atom. The summed E-state index contributed by atoms with van der Waals surface area (Å²) in [7, 11) is -9.93. The molecule has 19 heteroatoms. The number of esters is 4.